The number of anilines is 1. The van der Waals surface area contributed by atoms with Crippen LogP contribution >= 0.6 is 11.3 Å². The molecule has 2 saturated carbocycles. The SMILES string of the molecule is C[C@H](O)C(=O)N1C[C@H]2CC(Nc3c(-c4nc5c(s4)C(=O)N(CC4(O)CC4)C5)cnc4[nH]ccc34)C[C@H]2C1. The molecule has 0 radical (unpaired) electrons. The number of aliphatic hydroxyl groups is 2. The molecular formula is C26H30N6O4S. The molecule has 194 valence electrons. The number of hydrogen-bond acceptors (Lipinski definition) is 8. The van der Waals surface area contributed by atoms with Gasteiger partial charge in [0.05, 0.1) is 35.6 Å². The van der Waals surface area contributed by atoms with Crippen LogP contribution in [0.5, 0.6) is 0 Å². The lowest BCUT2D eigenvalue weighted by Crippen LogP contribution is -2.37. The summed E-state index contributed by atoms with van der Waals surface area (Å²) >= 11 is 1.40. The number of aromatic amines is 1. The number of likely N-dealkylation sites (tertiary alicyclic amines) is 1. The monoisotopic (exact) mass is 522 g/mol. The first-order chi connectivity index (χ1) is 17.8. The standard InChI is InChI=1S/C26H30N6O4S/c1-13(33)24(34)31-9-14-6-16(7-15(14)10-31)29-20-17-2-5-27-22(17)28-8-18(20)23-30-19-11-32(12-26(36)3-4-26)25(35)21(19)37-23/h2,5,8,13-16,33,36H,3-4,6-7,9-12H2,1H3,(H2,27,28,29)/t13-,14-,15+,16?/m0/s1. The number of hydrogen-bond donors (Lipinski definition) is 4. The fourth-order valence-electron chi connectivity index (χ4n) is 6.31. The molecular weight excluding hydrogens is 492 g/mol. The minimum absolute atomic E-state index is 0.0517. The summed E-state index contributed by atoms with van der Waals surface area (Å²) in [5.41, 5.74) is 2.70. The van der Waals surface area contributed by atoms with E-state index in [1.54, 1.807) is 9.80 Å². The van der Waals surface area contributed by atoms with Crippen LogP contribution in [0.25, 0.3) is 21.6 Å². The molecule has 0 aromatic carbocycles. The van der Waals surface area contributed by atoms with E-state index in [0.29, 0.717) is 42.9 Å². The molecule has 4 aliphatic rings. The van der Waals surface area contributed by atoms with Gasteiger partial charge in [-0.05, 0) is 50.5 Å². The minimum atomic E-state index is -0.952. The number of aromatic nitrogens is 3. The molecule has 3 aromatic rings. The summed E-state index contributed by atoms with van der Waals surface area (Å²) in [6.07, 6.45) is 6.15. The predicted octanol–water partition coefficient (Wildman–Crippen LogP) is 2.20. The number of H-pyrrole nitrogens is 1. The van der Waals surface area contributed by atoms with E-state index in [9.17, 15) is 19.8 Å². The van der Waals surface area contributed by atoms with Gasteiger partial charge < -0.3 is 30.3 Å². The smallest absolute Gasteiger partial charge is 0.266 e. The van der Waals surface area contributed by atoms with Gasteiger partial charge in [-0.25, -0.2) is 9.97 Å². The lowest BCUT2D eigenvalue weighted by molar-refractivity contribution is -0.138. The van der Waals surface area contributed by atoms with E-state index in [2.05, 4.69) is 15.3 Å². The van der Waals surface area contributed by atoms with Crippen molar-refractivity contribution in [2.45, 2.75) is 56.9 Å². The van der Waals surface area contributed by atoms with Gasteiger partial charge in [0.2, 0.25) is 0 Å². The van der Waals surface area contributed by atoms with Crippen LogP contribution in [0.2, 0.25) is 0 Å². The van der Waals surface area contributed by atoms with Gasteiger partial charge >= 0.3 is 0 Å². The van der Waals surface area contributed by atoms with Crippen molar-refractivity contribution in [1.82, 2.24) is 24.8 Å². The van der Waals surface area contributed by atoms with Gasteiger partial charge in [0, 0.05) is 36.9 Å². The van der Waals surface area contributed by atoms with Crippen molar-refractivity contribution in [2.75, 3.05) is 25.0 Å². The number of nitrogens with zero attached hydrogens (tertiary/aromatic N) is 4. The lowest BCUT2D eigenvalue weighted by Gasteiger charge is -2.22. The highest BCUT2D eigenvalue weighted by Crippen LogP contribution is 2.44. The van der Waals surface area contributed by atoms with E-state index in [0.717, 1.165) is 58.7 Å². The van der Waals surface area contributed by atoms with E-state index in [1.807, 2.05) is 18.5 Å². The lowest BCUT2D eigenvalue weighted by atomic mass is 10.0. The number of fused-ring (bicyclic) bond motifs is 3. The second-order valence-electron chi connectivity index (χ2n) is 11.2. The number of rotatable bonds is 6. The number of aliphatic hydroxyl groups excluding tert-OH is 1. The Morgan fingerprint density at radius 3 is 2.76 bits per heavy atom. The fraction of sp³-hybridized carbons (Fsp3) is 0.538. The van der Waals surface area contributed by atoms with Crippen LogP contribution in [0.3, 0.4) is 0 Å². The molecule has 5 heterocycles. The average Bonchev–Trinajstić information content (AvgIpc) is 3.40. The Hall–Kier alpha value is -3.02. The molecule has 1 unspecified atom stereocenters. The van der Waals surface area contributed by atoms with Crippen LogP contribution in [0, 0.1) is 11.8 Å². The quantitative estimate of drug-likeness (QED) is 0.390. The van der Waals surface area contributed by atoms with Gasteiger partial charge in [0.15, 0.2) is 0 Å². The molecule has 10 nitrogen and oxygen atoms in total. The second-order valence-corrected chi connectivity index (χ2v) is 12.2. The molecule has 4 atom stereocenters. The largest absolute Gasteiger partial charge is 0.388 e. The number of amides is 2. The van der Waals surface area contributed by atoms with E-state index in [4.69, 9.17) is 4.98 Å². The van der Waals surface area contributed by atoms with Crippen molar-refractivity contribution < 1.29 is 19.8 Å². The summed E-state index contributed by atoms with van der Waals surface area (Å²) in [6, 6.07) is 2.26. The van der Waals surface area contributed by atoms with Gasteiger partial charge in [0.25, 0.3) is 11.8 Å². The maximum atomic E-state index is 13.0. The van der Waals surface area contributed by atoms with Gasteiger partial charge in [0.1, 0.15) is 21.6 Å². The van der Waals surface area contributed by atoms with Crippen molar-refractivity contribution in [1.29, 1.82) is 0 Å². The summed E-state index contributed by atoms with van der Waals surface area (Å²) in [5.74, 6) is 0.603. The first kappa shape index (κ1) is 23.1. The Morgan fingerprint density at radius 1 is 1.32 bits per heavy atom. The maximum absolute atomic E-state index is 13.0. The number of pyridine rings is 1. The van der Waals surface area contributed by atoms with Gasteiger partial charge in [-0.15, -0.1) is 11.3 Å². The molecule has 3 aromatic heterocycles. The number of nitrogens with one attached hydrogen (secondary N) is 2. The highest BCUT2D eigenvalue weighted by Gasteiger charge is 2.46. The third-order valence-electron chi connectivity index (χ3n) is 8.42. The maximum Gasteiger partial charge on any atom is 0.266 e. The van der Waals surface area contributed by atoms with Gasteiger partial charge in [-0.2, -0.15) is 0 Å². The van der Waals surface area contributed by atoms with Crippen molar-refractivity contribution in [3.05, 3.63) is 29.0 Å². The molecule has 0 spiro atoms. The summed E-state index contributed by atoms with van der Waals surface area (Å²) < 4.78 is 0. The summed E-state index contributed by atoms with van der Waals surface area (Å²) in [4.78, 5) is 42.1. The Kier molecular flexibility index (Phi) is 5.15. The molecule has 37 heavy (non-hydrogen) atoms. The Morgan fingerprint density at radius 2 is 2.08 bits per heavy atom. The predicted molar refractivity (Wildman–Crippen MR) is 138 cm³/mol. The van der Waals surface area contributed by atoms with Crippen molar-refractivity contribution >= 4 is 39.9 Å². The first-order valence-electron chi connectivity index (χ1n) is 13.0. The number of thiazole rings is 1. The van der Waals surface area contributed by atoms with Crippen LogP contribution in [-0.2, 0) is 11.3 Å². The van der Waals surface area contributed by atoms with Gasteiger partial charge in [-0.3, -0.25) is 9.59 Å². The molecule has 0 bridgehead atoms. The third-order valence-corrected chi connectivity index (χ3v) is 9.54. The van der Waals surface area contributed by atoms with E-state index in [1.165, 1.54) is 18.3 Å². The Labute approximate surface area is 217 Å². The van der Waals surface area contributed by atoms with Crippen molar-refractivity contribution in [2.24, 2.45) is 11.8 Å². The highest BCUT2D eigenvalue weighted by atomic mass is 32.1. The average molecular weight is 523 g/mol. The van der Waals surface area contributed by atoms with Crippen LogP contribution in [0.1, 0.15) is 48.0 Å². The van der Waals surface area contributed by atoms with Crippen molar-refractivity contribution in [3.63, 3.8) is 0 Å². The summed E-state index contributed by atoms with van der Waals surface area (Å²) in [6.45, 7) is 3.73. The van der Waals surface area contributed by atoms with Gasteiger partial charge in [-0.1, -0.05) is 0 Å². The molecule has 2 amide bonds. The molecule has 3 fully saturated rings. The van der Waals surface area contributed by atoms with Crippen LogP contribution in [0.4, 0.5) is 5.69 Å². The zero-order valence-corrected chi connectivity index (χ0v) is 21.4. The molecule has 7 rings (SSSR count). The topological polar surface area (TPSA) is 135 Å². The first-order valence-corrected chi connectivity index (χ1v) is 13.8. The zero-order chi connectivity index (χ0) is 25.5. The van der Waals surface area contributed by atoms with Crippen LogP contribution < -0.4 is 5.32 Å². The van der Waals surface area contributed by atoms with Crippen LogP contribution in [-0.4, -0.2) is 84.2 Å². The number of carbonyl (C=O) groups is 2. The zero-order valence-electron chi connectivity index (χ0n) is 20.6. The molecule has 4 N–H and O–H groups in total. The number of β-amino-alcohol motifs (C(OH)–C–C–N with tert-alkyl or cyclic N) is 1. The summed E-state index contributed by atoms with van der Waals surface area (Å²) in [7, 11) is 0. The Balaban J connectivity index is 1.13. The minimum Gasteiger partial charge on any atom is -0.388 e. The van der Waals surface area contributed by atoms with Crippen molar-refractivity contribution in [3.8, 4) is 10.6 Å². The molecule has 11 heteroatoms. The van der Waals surface area contributed by atoms with E-state index < -0.39 is 11.7 Å². The normalized spacial score (nSPS) is 26.6. The third kappa shape index (κ3) is 3.91. The molecule has 2 aliphatic carbocycles. The molecule has 1 saturated heterocycles. The van der Waals surface area contributed by atoms with E-state index >= 15 is 0 Å². The van der Waals surface area contributed by atoms with Crippen LogP contribution in [0.15, 0.2) is 18.5 Å². The summed E-state index contributed by atoms with van der Waals surface area (Å²) in [5, 5.41) is 25.5. The highest BCUT2D eigenvalue weighted by molar-refractivity contribution is 7.17. The second kappa shape index (κ2) is 8.24. The number of carbonyl (C=O) groups excluding carboxylic acids is 2. The molecule has 2 aliphatic heterocycles. The van der Waals surface area contributed by atoms with E-state index in [-0.39, 0.29) is 17.9 Å². The fourth-order valence-corrected chi connectivity index (χ4v) is 7.37. The Bertz CT molecular complexity index is 1400.